The highest BCUT2D eigenvalue weighted by molar-refractivity contribution is 5.67. The van der Waals surface area contributed by atoms with Crippen LogP contribution in [-0.4, -0.2) is 35.1 Å². The van der Waals surface area contributed by atoms with Crippen LogP contribution >= 0.6 is 0 Å². The number of hydrogen-bond donors (Lipinski definition) is 1. The fourth-order valence-electron chi connectivity index (χ4n) is 3.48. The fourth-order valence-corrected chi connectivity index (χ4v) is 3.48. The molecule has 0 radical (unpaired) electrons. The maximum Gasteiger partial charge on any atom is 0.303 e. The smallest absolute Gasteiger partial charge is 0.303 e. The SMILES string of the molecule is CC1CCCC1N1CCCC(CC(=O)O)C1. The first-order valence-corrected chi connectivity index (χ1v) is 6.62. The summed E-state index contributed by atoms with van der Waals surface area (Å²) in [5.41, 5.74) is 0. The quantitative estimate of drug-likeness (QED) is 0.801. The zero-order chi connectivity index (χ0) is 11.5. The number of hydrogen-bond acceptors (Lipinski definition) is 2. The molecule has 1 saturated carbocycles. The number of nitrogens with zero attached hydrogens (tertiary/aromatic N) is 1. The van der Waals surface area contributed by atoms with E-state index in [1.807, 2.05) is 0 Å². The molecule has 2 aliphatic rings. The molecule has 0 spiro atoms. The Labute approximate surface area is 97.8 Å². The van der Waals surface area contributed by atoms with Gasteiger partial charge in [-0.3, -0.25) is 9.69 Å². The molecule has 3 atom stereocenters. The van der Waals surface area contributed by atoms with Gasteiger partial charge in [0.15, 0.2) is 0 Å². The maximum atomic E-state index is 10.7. The van der Waals surface area contributed by atoms with Crippen molar-refractivity contribution in [3.05, 3.63) is 0 Å². The van der Waals surface area contributed by atoms with Crippen LogP contribution in [0.5, 0.6) is 0 Å². The van der Waals surface area contributed by atoms with Crippen LogP contribution in [0.2, 0.25) is 0 Å². The van der Waals surface area contributed by atoms with Gasteiger partial charge in [-0.2, -0.15) is 0 Å². The monoisotopic (exact) mass is 225 g/mol. The molecule has 1 aliphatic carbocycles. The Hall–Kier alpha value is -0.570. The van der Waals surface area contributed by atoms with Crippen molar-refractivity contribution >= 4 is 5.97 Å². The number of carbonyl (C=O) groups is 1. The van der Waals surface area contributed by atoms with Gasteiger partial charge in [0.25, 0.3) is 0 Å². The van der Waals surface area contributed by atoms with E-state index in [-0.39, 0.29) is 0 Å². The number of aliphatic carboxylic acids is 1. The second kappa shape index (κ2) is 5.17. The summed E-state index contributed by atoms with van der Waals surface area (Å²) in [6.45, 7) is 4.55. The van der Waals surface area contributed by atoms with E-state index in [4.69, 9.17) is 5.11 Å². The third-order valence-electron chi connectivity index (χ3n) is 4.30. The Balaban J connectivity index is 1.88. The van der Waals surface area contributed by atoms with Crippen molar-refractivity contribution in [2.45, 2.75) is 51.5 Å². The van der Waals surface area contributed by atoms with E-state index < -0.39 is 5.97 Å². The first kappa shape index (κ1) is 11.9. The third kappa shape index (κ3) is 2.76. The number of likely N-dealkylation sites (tertiary alicyclic amines) is 1. The molecule has 2 rings (SSSR count). The molecular weight excluding hydrogens is 202 g/mol. The predicted molar refractivity (Wildman–Crippen MR) is 63.4 cm³/mol. The van der Waals surface area contributed by atoms with Crippen molar-refractivity contribution < 1.29 is 9.90 Å². The molecule has 3 heteroatoms. The van der Waals surface area contributed by atoms with Crippen LogP contribution in [0.3, 0.4) is 0 Å². The molecule has 1 aliphatic heterocycles. The zero-order valence-electron chi connectivity index (χ0n) is 10.2. The van der Waals surface area contributed by atoms with Gasteiger partial charge in [-0.15, -0.1) is 0 Å². The summed E-state index contributed by atoms with van der Waals surface area (Å²) in [7, 11) is 0. The minimum Gasteiger partial charge on any atom is -0.481 e. The average Bonchev–Trinajstić information content (AvgIpc) is 2.64. The maximum absolute atomic E-state index is 10.7. The summed E-state index contributed by atoms with van der Waals surface area (Å²) in [6.07, 6.45) is 6.67. The number of carboxylic acids is 1. The minimum absolute atomic E-state index is 0.359. The molecule has 1 heterocycles. The van der Waals surface area contributed by atoms with E-state index in [0.29, 0.717) is 12.3 Å². The number of piperidine rings is 1. The van der Waals surface area contributed by atoms with Gasteiger partial charge < -0.3 is 5.11 Å². The molecule has 2 fully saturated rings. The van der Waals surface area contributed by atoms with E-state index in [2.05, 4.69) is 11.8 Å². The molecule has 92 valence electrons. The summed E-state index contributed by atoms with van der Waals surface area (Å²) in [5, 5.41) is 8.85. The number of carboxylic acid groups (broad SMARTS) is 1. The molecule has 3 unspecified atom stereocenters. The van der Waals surface area contributed by atoms with Crippen LogP contribution < -0.4 is 0 Å². The van der Waals surface area contributed by atoms with E-state index >= 15 is 0 Å². The van der Waals surface area contributed by atoms with E-state index in [1.54, 1.807) is 0 Å². The third-order valence-corrected chi connectivity index (χ3v) is 4.30. The van der Waals surface area contributed by atoms with E-state index in [9.17, 15) is 4.79 Å². The summed E-state index contributed by atoms with van der Waals surface area (Å²) >= 11 is 0. The molecule has 3 nitrogen and oxygen atoms in total. The van der Waals surface area contributed by atoms with Crippen LogP contribution in [-0.2, 0) is 4.79 Å². The summed E-state index contributed by atoms with van der Waals surface area (Å²) < 4.78 is 0. The molecule has 0 bridgehead atoms. The molecule has 0 aromatic carbocycles. The minimum atomic E-state index is -0.633. The van der Waals surface area contributed by atoms with Gasteiger partial charge in [0.1, 0.15) is 0 Å². The fraction of sp³-hybridized carbons (Fsp3) is 0.923. The highest BCUT2D eigenvalue weighted by atomic mass is 16.4. The largest absolute Gasteiger partial charge is 0.481 e. The molecule has 1 N–H and O–H groups in total. The molecule has 16 heavy (non-hydrogen) atoms. The molecular formula is C13H23NO2. The van der Waals surface area contributed by atoms with Crippen LogP contribution in [0.1, 0.15) is 45.4 Å². The molecule has 0 aromatic rings. The van der Waals surface area contributed by atoms with Gasteiger partial charge in [-0.1, -0.05) is 13.3 Å². The molecule has 0 aromatic heterocycles. The first-order chi connectivity index (χ1) is 7.66. The molecule has 0 amide bonds. The van der Waals surface area contributed by atoms with Crippen molar-refractivity contribution in [3.63, 3.8) is 0 Å². The van der Waals surface area contributed by atoms with Crippen LogP contribution in [0.25, 0.3) is 0 Å². The summed E-state index contributed by atoms with van der Waals surface area (Å²) in [5.74, 6) is 0.564. The van der Waals surface area contributed by atoms with E-state index in [1.165, 1.54) is 32.2 Å². The Morgan fingerprint density at radius 1 is 1.31 bits per heavy atom. The van der Waals surface area contributed by atoms with Crippen molar-refractivity contribution in [2.75, 3.05) is 13.1 Å². The van der Waals surface area contributed by atoms with Crippen molar-refractivity contribution in [1.29, 1.82) is 0 Å². The molecule has 1 saturated heterocycles. The lowest BCUT2D eigenvalue weighted by Crippen LogP contribution is -2.44. The average molecular weight is 225 g/mol. The topological polar surface area (TPSA) is 40.5 Å². The first-order valence-electron chi connectivity index (χ1n) is 6.62. The number of rotatable bonds is 3. The Bertz CT molecular complexity index is 254. The Morgan fingerprint density at radius 2 is 2.12 bits per heavy atom. The second-order valence-corrected chi connectivity index (χ2v) is 5.58. The lowest BCUT2D eigenvalue weighted by atomic mass is 9.92. The van der Waals surface area contributed by atoms with Crippen LogP contribution in [0.15, 0.2) is 0 Å². The summed E-state index contributed by atoms with van der Waals surface area (Å²) in [4.78, 5) is 13.3. The van der Waals surface area contributed by atoms with Gasteiger partial charge >= 0.3 is 5.97 Å². The highest BCUT2D eigenvalue weighted by Crippen LogP contribution is 2.32. The van der Waals surface area contributed by atoms with Gasteiger partial charge in [0.2, 0.25) is 0 Å². The van der Waals surface area contributed by atoms with Crippen molar-refractivity contribution in [3.8, 4) is 0 Å². The normalized spacial score (nSPS) is 36.4. The Kier molecular flexibility index (Phi) is 3.85. The van der Waals surface area contributed by atoms with Crippen LogP contribution in [0.4, 0.5) is 0 Å². The summed E-state index contributed by atoms with van der Waals surface area (Å²) in [6, 6.07) is 0.733. The lowest BCUT2D eigenvalue weighted by Gasteiger charge is -2.38. The zero-order valence-corrected chi connectivity index (χ0v) is 10.2. The predicted octanol–water partition coefficient (Wildman–Crippen LogP) is 2.36. The van der Waals surface area contributed by atoms with Gasteiger partial charge in [-0.25, -0.2) is 0 Å². The lowest BCUT2D eigenvalue weighted by molar-refractivity contribution is -0.138. The Morgan fingerprint density at radius 3 is 2.75 bits per heavy atom. The highest BCUT2D eigenvalue weighted by Gasteiger charge is 2.32. The van der Waals surface area contributed by atoms with Crippen LogP contribution in [0, 0.1) is 11.8 Å². The van der Waals surface area contributed by atoms with Crippen molar-refractivity contribution in [2.24, 2.45) is 11.8 Å². The standard InChI is InChI=1S/C13H23NO2/c1-10-4-2-6-12(10)14-7-3-5-11(9-14)8-13(15)16/h10-12H,2-9H2,1H3,(H,15,16). The van der Waals surface area contributed by atoms with Gasteiger partial charge in [0.05, 0.1) is 0 Å². The van der Waals surface area contributed by atoms with Gasteiger partial charge in [0, 0.05) is 19.0 Å². The second-order valence-electron chi connectivity index (χ2n) is 5.58. The van der Waals surface area contributed by atoms with Gasteiger partial charge in [-0.05, 0) is 44.1 Å². The van der Waals surface area contributed by atoms with Crippen molar-refractivity contribution in [1.82, 2.24) is 4.90 Å². The van der Waals surface area contributed by atoms with E-state index in [0.717, 1.165) is 24.9 Å².